The van der Waals surface area contributed by atoms with Gasteiger partial charge < -0.3 is 5.32 Å². The lowest BCUT2D eigenvalue weighted by Crippen LogP contribution is -2.04. The van der Waals surface area contributed by atoms with Crippen LogP contribution in [0.4, 0.5) is 11.5 Å². The van der Waals surface area contributed by atoms with E-state index in [1.807, 2.05) is 55.5 Å². The lowest BCUT2D eigenvalue weighted by atomic mass is 10.0. The maximum absolute atomic E-state index is 7.36. The summed E-state index contributed by atoms with van der Waals surface area (Å²) in [7, 11) is 0. The van der Waals surface area contributed by atoms with Crippen LogP contribution in [0.2, 0.25) is 5.02 Å². The number of rotatable bonds is 4. The number of aromatic nitrogens is 2. The van der Waals surface area contributed by atoms with E-state index in [0.29, 0.717) is 18.1 Å². The molecule has 1 heterocycles. The minimum atomic E-state index is 0.565. The Morgan fingerprint density at radius 2 is 1.72 bits per heavy atom. The van der Waals surface area contributed by atoms with Crippen molar-refractivity contribution >= 4 is 33.9 Å². The fourth-order valence-electron chi connectivity index (χ4n) is 3.20. The predicted molar refractivity (Wildman–Crippen MR) is 119 cm³/mol. The number of halogens is 1. The highest BCUT2D eigenvalue weighted by molar-refractivity contribution is 6.31. The Morgan fingerprint density at radius 3 is 2.45 bits per heavy atom. The van der Waals surface area contributed by atoms with E-state index in [4.69, 9.17) is 18.2 Å². The number of anilines is 1. The quantitative estimate of drug-likeness (QED) is 0.387. The van der Waals surface area contributed by atoms with E-state index in [1.54, 1.807) is 0 Å². The highest BCUT2D eigenvalue weighted by Gasteiger charge is 2.12. The number of nitrogens with zero attached hydrogens (tertiary/aromatic N) is 3. The molecule has 0 aliphatic heterocycles. The van der Waals surface area contributed by atoms with Crippen molar-refractivity contribution in [2.45, 2.75) is 20.4 Å². The van der Waals surface area contributed by atoms with Crippen LogP contribution in [-0.2, 0) is 6.54 Å². The zero-order valence-electron chi connectivity index (χ0n) is 16.2. The van der Waals surface area contributed by atoms with Crippen molar-refractivity contribution in [3.05, 3.63) is 93.8 Å². The molecule has 0 amide bonds. The normalized spacial score (nSPS) is 10.7. The molecule has 4 nitrogen and oxygen atoms in total. The van der Waals surface area contributed by atoms with E-state index in [9.17, 15) is 0 Å². The summed E-state index contributed by atoms with van der Waals surface area (Å²) >= 11 is 6.24. The smallest absolute Gasteiger partial charge is 0.188 e. The summed E-state index contributed by atoms with van der Waals surface area (Å²) in [6.45, 7) is 12.0. The zero-order valence-corrected chi connectivity index (χ0v) is 17.0. The second-order valence-electron chi connectivity index (χ2n) is 7.04. The average molecular weight is 399 g/mol. The molecule has 0 aliphatic rings. The van der Waals surface area contributed by atoms with Crippen LogP contribution >= 0.6 is 11.6 Å². The first-order chi connectivity index (χ1) is 14.0. The van der Waals surface area contributed by atoms with Crippen molar-refractivity contribution < 1.29 is 0 Å². The van der Waals surface area contributed by atoms with E-state index in [-0.39, 0.29) is 0 Å². The molecule has 142 valence electrons. The Labute approximate surface area is 175 Å². The zero-order chi connectivity index (χ0) is 20.4. The van der Waals surface area contributed by atoms with Gasteiger partial charge in [0.15, 0.2) is 11.5 Å². The van der Waals surface area contributed by atoms with Crippen molar-refractivity contribution in [3.8, 4) is 11.3 Å². The number of nitrogens with one attached hydrogen (secondary N) is 1. The van der Waals surface area contributed by atoms with Crippen LogP contribution in [0.3, 0.4) is 0 Å². The minimum Gasteiger partial charge on any atom is -0.364 e. The maximum atomic E-state index is 7.36. The van der Waals surface area contributed by atoms with Crippen LogP contribution in [0.15, 0.2) is 60.7 Å². The second kappa shape index (κ2) is 7.90. The number of aryl methyl sites for hydroxylation is 2. The molecule has 1 N–H and O–H groups in total. The summed E-state index contributed by atoms with van der Waals surface area (Å²) in [5.41, 5.74) is 5.67. The van der Waals surface area contributed by atoms with Crippen LogP contribution in [0.25, 0.3) is 26.9 Å². The van der Waals surface area contributed by atoms with Crippen molar-refractivity contribution in [1.82, 2.24) is 10.2 Å². The summed E-state index contributed by atoms with van der Waals surface area (Å²) in [5, 5.41) is 14.9. The number of fused-ring (bicyclic) bond motifs is 1. The molecule has 0 spiro atoms. The van der Waals surface area contributed by atoms with Crippen LogP contribution in [0.5, 0.6) is 0 Å². The van der Waals surface area contributed by atoms with Gasteiger partial charge in [0.1, 0.15) is 5.69 Å². The molecule has 0 aliphatic carbocycles. The molecule has 1 aromatic heterocycles. The Hall–Kier alpha value is -3.42. The summed E-state index contributed by atoms with van der Waals surface area (Å²) in [4.78, 5) is 3.57. The van der Waals surface area contributed by atoms with E-state index >= 15 is 0 Å². The lowest BCUT2D eigenvalue weighted by Gasteiger charge is -2.12. The highest BCUT2D eigenvalue weighted by atomic mass is 35.5. The fourth-order valence-corrected chi connectivity index (χ4v) is 3.40. The van der Waals surface area contributed by atoms with Crippen LogP contribution in [0, 0.1) is 20.4 Å². The summed E-state index contributed by atoms with van der Waals surface area (Å²) in [6.07, 6.45) is 0. The molecule has 0 saturated carbocycles. The predicted octanol–water partition coefficient (Wildman–Crippen LogP) is 6.73. The Kier molecular flexibility index (Phi) is 5.16. The molecule has 0 bridgehead atoms. The van der Waals surface area contributed by atoms with Gasteiger partial charge in [-0.05, 0) is 37.1 Å². The third-order valence-electron chi connectivity index (χ3n) is 4.91. The third kappa shape index (κ3) is 3.91. The molecule has 4 aromatic rings. The van der Waals surface area contributed by atoms with Gasteiger partial charge >= 0.3 is 0 Å². The molecule has 3 aromatic carbocycles. The van der Waals surface area contributed by atoms with Gasteiger partial charge in [-0.2, -0.15) is 0 Å². The lowest BCUT2D eigenvalue weighted by molar-refractivity contribution is 1.02. The molecule has 5 heteroatoms. The first-order valence-electron chi connectivity index (χ1n) is 9.29. The Bertz CT molecular complexity index is 1240. The monoisotopic (exact) mass is 398 g/mol. The number of hydrogen-bond acceptors (Lipinski definition) is 3. The van der Waals surface area contributed by atoms with Gasteiger partial charge in [0.05, 0.1) is 6.57 Å². The van der Waals surface area contributed by atoms with Crippen LogP contribution < -0.4 is 5.32 Å². The highest BCUT2D eigenvalue weighted by Crippen LogP contribution is 2.33. The summed E-state index contributed by atoms with van der Waals surface area (Å²) in [6, 6.07) is 19.8. The van der Waals surface area contributed by atoms with Gasteiger partial charge in [0.25, 0.3) is 0 Å². The first kappa shape index (κ1) is 18.9. The first-order valence-corrected chi connectivity index (χ1v) is 9.67. The Morgan fingerprint density at radius 1 is 0.931 bits per heavy atom. The summed E-state index contributed by atoms with van der Waals surface area (Å²) in [5.74, 6) is 0.651. The maximum Gasteiger partial charge on any atom is 0.188 e. The molecule has 29 heavy (non-hydrogen) atoms. The molecule has 0 unspecified atom stereocenters. The van der Waals surface area contributed by atoms with E-state index in [0.717, 1.165) is 38.2 Å². The van der Waals surface area contributed by atoms with Crippen molar-refractivity contribution in [2.24, 2.45) is 0 Å². The standard InChI is InChI=1S/C24H19ClN4/c1-15-4-8-18(9-5-15)23-20-11-10-19(26-3)13-21(20)24(29-28-23)27-14-17-7-6-16(2)22(25)12-17/h4-13H,14H2,1-2H3,(H,27,29). The number of hydrogen-bond donors (Lipinski definition) is 1. The van der Waals surface area contributed by atoms with Gasteiger partial charge in [-0.15, -0.1) is 10.2 Å². The summed E-state index contributed by atoms with van der Waals surface area (Å²) < 4.78 is 0. The average Bonchev–Trinajstić information content (AvgIpc) is 2.74. The molecule has 0 saturated heterocycles. The molecule has 0 fully saturated rings. The molecule has 0 atom stereocenters. The van der Waals surface area contributed by atoms with Crippen molar-refractivity contribution in [3.63, 3.8) is 0 Å². The second-order valence-corrected chi connectivity index (χ2v) is 7.45. The molecule has 0 radical (unpaired) electrons. The van der Waals surface area contributed by atoms with E-state index in [2.05, 4.69) is 39.4 Å². The van der Waals surface area contributed by atoms with Crippen LogP contribution in [-0.4, -0.2) is 10.2 Å². The molecular formula is C24H19ClN4. The van der Waals surface area contributed by atoms with E-state index in [1.165, 1.54) is 5.56 Å². The van der Waals surface area contributed by atoms with Gasteiger partial charge in [0.2, 0.25) is 0 Å². The number of benzene rings is 3. The van der Waals surface area contributed by atoms with Crippen molar-refractivity contribution in [2.75, 3.05) is 5.32 Å². The third-order valence-corrected chi connectivity index (χ3v) is 5.32. The van der Waals surface area contributed by atoms with Crippen LogP contribution in [0.1, 0.15) is 16.7 Å². The topological polar surface area (TPSA) is 42.2 Å². The van der Waals surface area contributed by atoms with Gasteiger partial charge in [0, 0.05) is 27.9 Å². The molecular weight excluding hydrogens is 380 g/mol. The van der Waals surface area contributed by atoms with Crippen molar-refractivity contribution in [1.29, 1.82) is 0 Å². The minimum absolute atomic E-state index is 0.565. The largest absolute Gasteiger partial charge is 0.364 e. The van der Waals surface area contributed by atoms with Gasteiger partial charge in [-0.1, -0.05) is 65.7 Å². The fraction of sp³-hybridized carbons (Fsp3) is 0.125. The van der Waals surface area contributed by atoms with Gasteiger partial charge in [-0.25, -0.2) is 4.85 Å². The SMILES string of the molecule is [C-]#[N+]c1ccc2c(-c3ccc(C)cc3)nnc(NCc3ccc(C)c(Cl)c3)c2c1. The molecule has 4 rings (SSSR count). The Balaban J connectivity index is 1.76. The van der Waals surface area contributed by atoms with Gasteiger partial charge in [-0.3, -0.25) is 0 Å². The van der Waals surface area contributed by atoms with E-state index < -0.39 is 0 Å².